The summed E-state index contributed by atoms with van der Waals surface area (Å²) in [6.45, 7) is 2.88. The number of hydrogen-bond donors (Lipinski definition) is 1. The van der Waals surface area contributed by atoms with Gasteiger partial charge in [-0.2, -0.15) is 4.31 Å². The number of hydrogen-bond acceptors (Lipinski definition) is 3. The fraction of sp³-hybridized carbons (Fsp3) is 0.174. The van der Waals surface area contributed by atoms with Crippen molar-refractivity contribution in [3.63, 3.8) is 0 Å². The molecular weight excluding hydrogens is 384 g/mol. The normalized spacial score (nSPS) is 11.4. The van der Waals surface area contributed by atoms with Gasteiger partial charge in [-0.05, 0) is 35.4 Å². The summed E-state index contributed by atoms with van der Waals surface area (Å²) >= 11 is 0. The summed E-state index contributed by atoms with van der Waals surface area (Å²) in [5, 5.41) is 2.89. The lowest BCUT2D eigenvalue weighted by Gasteiger charge is -2.20. The molecule has 1 amide bonds. The van der Waals surface area contributed by atoms with Gasteiger partial charge in [-0.1, -0.05) is 67.6 Å². The average Bonchev–Trinajstić information content (AvgIpc) is 2.77. The largest absolute Gasteiger partial charge is 0.348 e. The van der Waals surface area contributed by atoms with Gasteiger partial charge < -0.3 is 5.32 Å². The highest BCUT2D eigenvalue weighted by atomic mass is 32.2. The Morgan fingerprint density at radius 3 is 2.00 bits per heavy atom. The summed E-state index contributed by atoms with van der Waals surface area (Å²) < 4.78 is 27.1. The molecule has 0 unspecified atom stereocenters. The number of nitrogens with one attached hydrogen (secondary N) is 1. The second-order valence-electron chi connectivity index (χ2n) is 6.61. The smallest absolute Gasteiger partial charge is 0.251 e. The van der Waals surface area contributed by atoms with Crippen LogP contribution in [0.4, 0.5) is 0 Å². The molecule has 0 saturated carbocycles. The summed E-state index contributed by atoms with van der Waals surface area (Å²) in [4.78, 5) is 12.6. The number of sulfonamides is 1. The van der Waals surface area contributed by atoms with Crippen molar-refractivity contribution in [2.45, 2.75) is 24.9 Å². The minimum Gasteiger partial charge on any atom is -0.348 e. The molecule has 0 heterocycles. The van der Waals surface area contributed by atoms with Gasteiger partial charge in [-0.15, -0.1) is 0 Å². The summed E-state index contributed by atoms with van der Waals surface area (Å²) in [5.74, 6) is -0.162. The van der Waals surface area contributed by atoms with Crippen molar-refractivity contribution in [1.82, 2.24) is 9.62 Å². The van der Waals surface area contributed by atoms with Crippen LogP contribution >= 0.6 is 0 Å². The minimum absolute atomic E-state index is 0.162. The molecule has 0 spiro atoms. The third-order valence-corrected chi connectivity index (χ3v) is 6.54. The average molecular weight is 409 g/mol. The van der Waals surface area contributed by atoms with Gasteiger partial charge in [0.2, 0.25) is 10.0 Å². The van der Waals surface area contributed by atoms with E-state index < -0.39 is 10.0 Å². The van der Waals surface area contributed by atoms with Crippen molar-refractivity contribution in [2.24, 2.45) is 0 Å². The molecule has 3 aromatic rings. The van der Waals surface area contributed by atoms with E-state index >= 15 is 0 Å². The van der Waals surface area contributed by atoms with Crippen molar-refractivity contribution < 1.29 is 13.2 Å². The molecule has 0 aliphatic carbocycles. The van der Waals surface area contributed by atoms with Crippen LogP contribution in [0.5, 0.6) is 0 Å². The number of nitrogens with zero attached hydrogens (tertiary/aromatic N) is 1. The summed E-state index contributed by atoms with van der Waals surface area (Å²) in [6, 6.07) is 25.1. The summed E-state index contributed by atoms with van der Waals surface area (Å²) in [5.41, 5.74) is 2.40. The van der Waals surface area contributed by atoms with Crippen molar-refractivity contribution >= 4 is 15.9 Å². The third-order valence-electron chi connectivity index (χ3n) is 4.60. The molecule has 29 heavy (non-hydrogen) atoms. The van der Waals surface area contributed by atoms with E-state index in [2.05, 4.69) is 5.32 Å². The SMILES string of the molecule is CCN(Cc1ccc(C(=O)NCc2ccccc2)cc1)S(=O)(=O)c1ccccc1. The highest BCUT2D eigenvalue weighted by Crippen LogP contribution is 2.18. The molecule has 5 nitrogen and oxygen atoms in total. The van der Waals surface area contributed by atoms with E-state index in [1.165, 1.54) is 4.31 Å². The van der Waals surface area contributed by atoms with Gasteiger partial charge in [0.05, 0.1) is 4.90 Å². The number of rotatable bonds is 8. The Hall–Kier alpha value is -2.96. The van der Waals surface area contributed by atoms with Crippen LogP contribution in [0.15, 0.2) is 89.8 Å². The molecule has 6 heteroatoms. The molecule has 1 N–H and O–H groups in total. The van der Waals surface area contributed by atoms with Crippen LogP contribution in [0, 0.1) is 0 Å². The topological polar surface area (TPSA) is 66.5 Å². The summed E-state index contributed by atoms with van der Waals surface area (Å²) in [6.07, 6.45) is 0. The van der Waals surface area contributed by atoms with Crippen LogP contribution in [0.2, 0.25) is 0 Å². The number of amides is 1. The van der Waals surface area contributed by atoms with E-state index in [9.17, 15) is 13.2 Å². The first-order valence-corrected chi connectivity index (χ1v) is 10.9. The van der Waals surface area contributed by atoms with Gasteiger partial charge in [0, 0.05) is 25.2 Å². The number of carbonyl (C=O) groups excluding carboxylic acids is 1. The molecule has 0 atom stereocenters. The van der Waals surface area contributed by atoms with Crippen LogP contribution in [-0.4, -0.2) is 25.2 Å². The van der Waals surface area contributed by atoms with Crippen molar-refractivity contribution in [3.05, 3.63) is 102 Å². The fourth-order valence-electron chi connectivity index (χ4n) is 2.95. The zero-order valence-electron chi connectivity index (χ0n) is 16.3. The Bertz CT molecular complexity index is 1030. The summed E-state index contributed by atoms with van der Waals surface area (Å²) in [7, 11) is -3.56. The Morgan fingerprint density at radius 2 is 1.41 bits per heavy atom. The third kappa shape index (κ3) is 5.31. The minimum atomic E-state index is -3.56. The standard InChI is InChI=1S/C23H24N2O3S/c1-2-25(29(27,28)22-11-7-4-8-12-22)18-20-13-15-21(16-14-20)23(26)24-17-19-9-5-3-6-10-19/h3-16H,2,17-18H2,1H3,(H,24,26). The van der Waals surface area contributed by atoms with Crippen molar-refractivity contribution in [2.75, 3.05) is 6.54 Å². The fourth-order valence-corrected chi connectivity index (χ4v) is 4.41. The molecule has 3 aromatic carbocycles. The number of benzene rings is 3. The maximum absolute atomic E-state index is 12.8. The Labute approximate surface area is 172 Å². The lowest BCUT2D eigenvalue weighted by molar-refractivity contribution is 0.0951. The molecule has 150 valence electrons. The zero-order valence-corrected chi connectivity index (χ0v) is 17.1. The van der Waals surface area contributed by atoms with E-state index in [0.29, 0.717) is 18.7 Å². The molecule has 0 fully saturated rings. The van der Waals surface area contributed by atoms with Crippen LogP contribution in [-0.2, 0) is 23.1 Å². The van der Waals surface area contributed by atoms with E-state index in [-0.39, 0.29) is 17.3 Å². The quantitative estimate of drug-likeness (QED) is 0.616. The van der Waals surface area contributed by atoms with Crippen molar-refractivity contribution in [1.29, 1.82) is 0 Å². The van der Waals surface area contributed by atoms with Crippen LogP contribution < -0.4 is 5.32 Å². The van der Waals surface area contributed by atoms with Gasteiger partial charge in [-0.25, -0.2) is 8.42 Å². The van der Waals surface area contributed by atoms with Crippen LogP contribution in [0.1, 0.15) is 28.4 Å². The van der Waals surface area contributed by atoms with E-state index in [0.717, 1.165) is 11.1 Å². The highest BCUT2D eigenvalue weighted by molar-refractivity contribution is 7.89. The van der Waals surface area contributed by atoms with Crippen LogP contribution in [0.25, 0.3) is 0 Å². The first-order chi connectivity index (χ1) is 14.0. The molecule has 0 saturated heterocycles. The lowest BCUT2D eigenvalue weighted by Crippen LogP contribution is -2.30. The maximum atomic E-state index is 12.8. The molecule has 0 bridgehead atoms. The monoisotopic (exact) mass is 408 g/mol. The first-order valence-electron chi connectivity index (χ1n) is 9.47. The number of carbonyl (C=O) groups is 1. The molecule has 0 aromatic heterocycles. The van der Waals surface area contributed by atoms with Gasteiger partial charge in [-0.3, -0.25) is 4.79 Å². The highest BCUT2D eigenvalue weighted by Gasteiger charge is 2.22. The van der Waals surface area contributed by atoms with Gasteiger partial charge in [0.1, 0.15) is 0 Å². The van der Waals surface area contributed by atoms with Crippen molar-refractivity contribution in [3.8, 4) is 0 Å². The zero-order chi connectivity index (χ0) is 20.7. The van der Waals surface area contributed by atoms with Gasteiger partial charge >= 0.3 is 0 Å². The Morgan fingerprint density at radius 1 is 0.828 bits per heavy atom. The second kappa shape index (κ2) is 9.49. The predicted octanol–water partition coefficient (Wildman–Crippen LogP) is 3.83. The second-order valence-corrected chi connectivity index (χ2v) is 8.55. The predicted molar refractivity (Wildman–Crippen MR) is 114 cm³/mol. The van der Waals surface area contributed by atoms with Crippen LogP contribution in [0.3, 0.4) is 0 Å². The van der Waals surface area contributed by atoms with E-state index in [4.69, 9.17) is 0 Å². The lowest BCUT2D eigenvalue weighted by atomic mass is 10.1. The molecular formula is C23H24N2O3S. The van der Waals surface area contributed by atoms with E-state index in [1.807, 2.05) is 37.3 Å². The van der Waals surface area contributed by atoms with E-state index in [1.54, 1.807) is 54.6 Å². The molecule has 0 aliphatic rings. The van der Waals surface area contributed by atoms with Gasteiger partial charge in [0.15, 0.2) is 0 Å². The Kier molecular flexibility index (Phi) is 6.80. The first kappa shape index (κ1) is 20.8. The Balaban J connectivity index is 1.65. The maximum Gasteiger partial charge on any atom is 0.251 e. The van der Waals surface area contributed by atoms with Gasteiger partial charge in [0.25, 0.3) is 5.91 Å². The molecule has 0 aliphatic heterocycles. The molecule has 0 radical (unpaired) electrons. The molecule has 3 rings (SSSR count).